The zero-order chi connectivity index (χ0) is 57.8. The number of thiophene rings is 1. The van der Waals surface area contributed by atoms with Crippen molar-refractivity contribution in [3.8, 4) is 33.6 Å². The van der Waals surface area contributed by atoms with Crippen LogP contribution in [0, 0.1) is 0 Å². The van der Waals surface area contributed by atoms with E-state index in [4.69, 9.17) is 4.42 Å². The van der Waals surface area contributed by atoms with E-state index in [2.05, 4.69) is 334 Å². The van der Waals surface area contributed by atoms with Crippen LogP contribution in [0.1, 0.15) is 0 Å². The van der Waals surface area contributed by atoms with E-state index in [9.17, 15) is 0 Å². The lowest BCUT2D eigenvalue weighted by Gasteiger charge is -2.27. The summed E-state index contributed by atoms with van der Waals surface area (Å²) in [6, 6.07) is 115. The molecular weight excluding hydrogens is 1090 g/mol. The van der Waals surface area contributed by atoms with Crippen molar-refractivity contribution in [3.63, 3.8) is 0 Å². The number of furan rings is 1. The third kappa shape index (κ3) is 7.93. The average molecular weight is 1140 g/mol. The van der Waals surface area contributed by atoms with Gasteiger partial charge in [-0.25, -0.2) is 0 Å². The van der Waals surface area contributed by atoms with Gasteiger partial charge in [0.25, 0.3) is 0 Å². The van der Waals surface area contributed by atoms with Crippen molar-refractivity contribution in [1.82, 2.24) is 9.13 Å². The summed E-state index contributed by atoms with van der Waals surface area (Å²) in [7, 11) is 0. The Morgan fingerprint density at radius 2 is 0.727 bits per heavy atom. The van der Waals surface area contributed by atoms with Gasteiger partial charge in [-0.1, -0.05) is 176 Å². The van der Waals surface area contributed by atoms with Crippen molar-refractivity contribution < 1.29 is 4.42 Å². The molecule has 0 N–H and O–H groups in total. The van der Waals surface area contributed by atoms with Gasteiger partial charge >= 0.3 is 0 Å². The van der Waals surface area contributed by atoms with Gasteiger partial charge in [0.15, 0.2) is 0 Å². The molecule has 0 unspecified atom stereocenters. The maximum Gasteiger partial charge on any atom is 0.145 e. The molecule has 0 aliphatic heterocycles. The second-order valence-corrected chi connectivity index (χ2v) is 23.9. The summed E-state index contributed by atoms with van der Waals surface area (Å²) in [6.07, 6.45) is 0. The molecule has 0 atom stereocenters. The number of benzene rings is 14. The molecule has 0 radical (unpaired) electrons. The molecule has 0 bridgehead atoms. The Morgan fingerprint density at radius 3 is 1.41 bits per heavy atom. The topological polar surface area (TPSA) is 29.5 Å². The predicted octanol–water partition coefficient (Wildman–Crippen LogP) is 23.6. The molecule has 0 aliphatic carbocycles. The second kappa shape index (κ2) is 20.1. The fraction of sp³-hybridized carbons (Fsp3) is 0. The first-order chi connectivity index (χ1) is 43.6. The summed E-state index contributed by atoms with van der Waals surface area (Å²) in [5.41, 5.74) is 19.4. The van der Waals surface area contributed by atoms with Crippen LogP contribution < -0.4 is 9.80 Å². The third-order valence-electron chi connectivity index (χ3n) is 17.9. The van der Waals surface area contributed by atoms with Crippen molar-refractivity contribution in [3.05, 3.63) is 315 Å². The van der Waals surface area contributed by atoms with Crippen LogP contribution in [-0.2, 0) is 0 Å². The zero-order valence-electron chi connectivity index (χ0n) is 47.6. The standard InChI is InChI=1S/C82H52N4OS/c1-4-17-53(18-5-1)55-31-35-59(36-32-55)83(60-37-33-56(34-38-60)54-19-6-2-7-20-54)63-43-47-74-71(52-63)80-76(85(74)62-41-39-61(40-42-62)84(58-23-8-3-9-24-58)72-29-16-22-57-21-10-11-25-65(57)72)49-46-68-67-45-48-75-79(81(67)87-82(68)80)69-27-12-14-28-73(69)86(75)64-44-50-78-70(51-64)66-26-13-15-30-77(66)88-78/h1-52H. The Balaban J connectivity index is 0.865. The number of fused-ring (bicyclic) bond motifs is 15. The molecule has 4 aromatic heterocycles. The van der Waals surface area contributed by atoms with Gasteiger partial charge in [-0.2, -0.15) is 0 Å². The minimum Gasteiger partial charge on any atom is -0.455 e. The van der Waals surface area contributed by atoms with E-state index < -0.39 is 0 Å². The predicted molar refractivity (Wildman–Crippen MR) is 373 cm³/mol. The first-order valence-corrected chi connectivity index (χ1v) is 30.8. The molecule has 88 heavy (non-hydrogen) atoms. The monoisotopic (exact) mass is 1140 g/mol. The largest absolute Gasteiger partial charge is 0.455 e. The number of nitrogens with zero attached hydrogens (tertiary/aromatic N) is 4. The molecule has 0 amide bonds. The first kappa shape index (κ1) is 49.9. The number of anilines is 6. The molecule has 4 heterocycles. The van der Waals surface area contributed by atoms with Crippen LogP contribution in [0.5, 0.6) is 0 Å². The average Bonchev–Trinajstić information content (AvgIpc) is 1.69. The first-order valence-electron chi connectivity index (χ1n) is 30.0. The lowest BCUT2D eigenvalue weighted by Crippen LogP contribution is -2.10. The summed E-state index contributed by atoms with van der Waals surface area (Å²) in [6.45, 7) is 0. The Kier molecular flexibility index (Phi) is 11.4. The number of para-hydroxylation sites is 2. The van der Waals surface area contributed by atoms with E-state index in [0.717, 1.165) is 111 Å². The lowest BCUT2D eigenvalue weighted by molar-refractivity contribution is 0.677. The number of hydrogen-bond acceptors (Lipinski definition) is 4. The van der Waals surface area contributed by atoms with Crippen molar-refractivity contribution in [2.45, 2.75) is 0 Å². The highest BCUT2D eigenvalue weighted by molar-refractivity contribution is 7.25. The van der Waals surface area contributed by atoms with E-state index in [0.29, 0.717) is 0 Å². The number of aromatic nitrogens is 2. The van der Waals surface area contributed by atoms with E-state index in [1.165, 1.54) is 53.2 Å². The van der Waals surface area contributed by atoms with Crippen LogP contribution in [0.4, 0.5) is 34.1 Å². The Labute approximate surface area is 511 Å². The molecule has 18 aromatic rings. The Morgan fingerprint density at radius 1 is 0.261 bits per heavy atom. The summed E-state index contributed by atoms with van der Waals surface area (Å²) in [5, 5.41) is 11.5. The molecule has 6 heteroatoms. The van der Waals surface area contributed by atoms with Gasteiger partial charge in [-0.15, -0.1) is 11.3 Å². The second-order valence-electron chi connectivity index (χ2n) is 22.8. The number of hydrogen-bond donors (Lipinski definition) is 0. The fourth-order valence-electron chi connectivity index (χ4n) is 13.9. The van der Waals surface area contributed by atoms with Gasteiger partial charge in [0.05, 0.1) is 38.5 Å². The molecular formula is C82H52N4OS. The van der Waals surface area contributed by atoms with Crippen molar-refractivity contribution in [2.75, 3.05) is 9.80 Å². The normalized spacial score (nSPS) is 11.9. The van der Waals surface area contributed by atoms with Crippen LogP contribution in [0.2, 0.25) is 0 Å². The van der Waals surface area contributed by atoms with E-state index in [1.807, 2.05) is 11.3 Å². The minimum absolute atomic E-state index is 0.859. The van der Waals surface area contributed by atoms with Gasteiger partial charge in [-0.05, 0) is 167 Å². The van der Waals surface area contributed by atoms with Crippen LogP contribution in [-0.4, -0.2) is 9.13 Å². The maximum absolute atomic E-state index is 7.63. The summed E-state index contributed by atoms with van der Waals surface area (Å²) in [4.78, 5) is 4.76. The van der Waals surface area contributed by atoms with Gasteiger partial charge in [0, 0.05) is 86.9 Å². The van der Waals surface area contributed by atoms with Crippen LogP contribution in [0.3, 0.4) is 0 Å². The van der Waals surface area contributed by atoms with E-state index in [-0.39, 0.29) is 0 Å². The summed E-state index contributed by atoms with van der Waals surface area (Å²) in [5.74, 6) is 0. The molecule has 18 rings (SSSR count). The van der Waals surface area contributed by atoms with Crippen molar-refractivity contribution in [2.24, 2.45) is 0 Å². The smallest absolute Gasteiger partial charge is 0.145 e. The Hall–Kier alpha value is -11.4. The van der Waals surface area contributed by atoms with Crippen molar-refractivity contribution in [1.29, 1.82) is 0 Å². The fourth-order valence-corrected chi connectivity index (χ4v) is 14.9. The van der Waals surface area contributed by atoms with E-state index >= 15 is 0 Å². The third-order valence-corrected chi connectivity index (χ3v) is 19.0. The van der Waals surface area contributed by atoms with Gasteiger partial charge in [0.1, 0.15) is 11.2 Å². The molecule has 0 saturated heterocycles. The van der Waals surface area contributed by atoms with Gasteiger partial charge in [0.2, 0.25) is 0 Å². The molecule has 5 nitrogen and oxygen atoms in total. The quantitative estimate of drug-likeness (QED) is 0.137. The molecule has 0 saturated carbocycles. The minimum atomic E-state index is 0.859. The van der Waals surface area contributed by atoms with Crippen LogP contribution in [0.25, 0.3) is 130 Å². The Bertz CT molecular complexity index is 5640. The van der Waals surface area contributed by atoms with Crippen LogP contribution in [0.15, 0.2) is 320 Å². The molecule has 0 aliphatic rings. The highest BCUT2D eigenvalue weighted by Gasteiger charge is 2.25. The van der Waals surface area contributed by atoms with E-state index in [1.54, 1.807) is 0 Å². The lowest BCUT2D eigenvalue weighted by atomic mass is 10.0. The highest BCUT2D eigenvalue weighted by Crippen LogP contribution is 2.48. The molecule has 14 aromatic carbocycles. The molecule has 412 valence electrons. The maximum atomic E-state index is 7.63. The van der Waals surface area contributed by atoms with Gasteiger partial charge in [-0.3, -0.25) is 0 Å². The van der Waals surface area contributed by atoms with Crippen LogP contribution >= 0.6 is 11.3 Å². The SMILES string of the molecule is c1ccc(-c2ccc(N(c3ccc(-c4ccccc4)cc3)c3ccc4c(c3)c3c5oc6c(ccc7c6c6ccccc6n7-c6ccc7sc8ccccc8c7c6)c5ccc3n4-c3ccc(N(c4ccccc4)c4cccc5ccccc45)cc3)cc2)cc1. The molecule has 0 fully saturated rings. The number of rotatable bonds is 10. The van der Waals surface area contributed by atoms with Crippen molar-refractivity contribution >= 4 is 142 Å². The van der Waals surface area contributed by atoms with Gasteiger partial charge < -0.3 is 23.4 Å². The molecule has 0 spiro atoms. The zero-order valence-corrected chi connectivity index (χ0v) is 48.4. The highest BCUT2D eigenvalue weighted by atomic mass is 32.1. The summed E-state index contributed by atoms with van der Waals surface area (Å²) < 4.78 is 15.1. The summed E-state index contributed by atoms with van der Waals surface area (Å²) >= 11 is 1.85.